The Kier molecular flexibility index (Phi) is 7.83. The Morgan fingerprint density at radius 3 is 2.59 bits per heavy atom. The number of carbonyl (C=O) groups excluding carboxylic acids is 2. The first kappa shape index (κ1) is 22.5. The molecule has 0 radical (unpaired) electrons. The van der Waals surface area contributed by atoms with Gasteiger partial charge in [-0.05, 0) is 5.56 Å². The molecule has 1 aromatic rings. The molecule has 1 heterocycles. The quantitative estimate of drug-likeness (QED) is 0.703. The van der Waals surface area contributed by atoms with E-state index in [-0.39, 0.29) is 11.7 Å². The fourth-order valence-electron chi connectivity index (χ4n) is 3.06. The lowest BCUT2D eigenvalue weighted by Crippen LogP contribution is -2.44. The van der Waals surface area contributed by atoms with E-state index in [1.54, 1.807) is 25.9 Å². The van der Waals surface area contributed by atoms with Gasteiger partial charge in [0.05, 0.1) is 35.1 Å². The minimum Gasteiger partial charge on any atom is -0.383 e. The average molecular weight is 413 g/mol. The summed E-state index contributed by atoms with van der Waals surface area (Å²) in [6, 6.07) is 13.7. The maximum absolute atomic E-state index is 12.8. The first-order valence-corrected chi connectivity index (χ1v) is 10.1. The third-order valence-corrected chi connectivity index (χ3v) is 5.79. The van der Waals surface area contributed by atoms with Gasteiger partial charge >= 0.3 is 0 Å². The molecular weight excluding hydrogens is 388 g/mol. The average Bonchev–Trinajstić information content (AvgIpc) is 2.69. The van der Waals surface area contributed by atoms with Gasteiger partial charge < -0.3 is 15.0 Å². The molecule has 1 aliphatic rings. The predicted octanol–water partition coefficient (Wildman–Crippen LogP) is 2.43. The van der Waals surface area contributed by atoms with Gasteiger partial charge in [-0.15, -0.1) is 0 Å². The van der Waals surface area contributed by atoms with Gasteiger partial charge in [0, 0.05) is 25.6 Å². The third-order valence-electron chi connectivity index (χ3n) is 4.81. The molecule has 0 aliphatic carbocycles. The molecule has 2 rings (SSSR count). The monoisotopic (exact) mass is 412 g/mol. The SMILES string of the molecule is COCCN(Cc1ccccc1)C(=O)CSC1=C(C#N)C(C)(C)[C@H](C#N)C(=O)N1. The standard InChI is InChI=1S/C21H24N4O3S/c1-21(2)16(11-22)19(27)24-20(17(21)12-23)29-14-18(26)25(9-10-28-3)13-15-7-5-4-6-8-15/h4-8,16H,9-10,13-14H2,1-3H3,(H,24,27)/t16-/m1/s1. The minimum absolute atomic E-state index is 0.0602. The molecule has 0 bridgehead atoms. The Bertz CT molecular complexity index is 868. The number of hydrogen-bond acceptors (Lipinski definition) is 6. The largest absolute Gasteiger partial charge is 0.383 e. The van der Waals surface area contributed by atoms with Gasteiger partial charge in [0.25, 0.3) is 0 Å². The number of nitrogens with one attached hydrogen (secondary N) is 1. The van der Waals surface area contributed by atoms with E-state index < -0.39 is 17.2 Å². The summed E-state index contributed by atoms with van der Waals surface area (Å²) in [7, 11) is 1.58. The van der Waals surface area contributed by atoms with Crippen LogP contribution in [-0.2, 0) is 20.9 Å². The van der Waals surface area contributed by atoms with Gasteiger partial charge in [-0.2, -0.15) is 10.5 Å². The van der Waals surface area contributed by atoms with E-state index in [0.29, 0.717) is 30.3 Å². The molecule has 0 aromatic heterocycles. The zero-order chi connectivity index (χ0) is 21.4. The van der Waals surface area contributed by atoms with Gasteiger partial charge in [-0.1, -0.05) is 55.9 Å². The van der Waals surface area contributed by atoms with Crippen LogP contribution in [0.2, 0.25) is 0 Å². The molecule has 1 aliphatic heterocycles. The van der Waals surface area contributed by atoms with Crippen molar-refractivity contribution in [2.24, 2.45) is 11.3 Å². The van der Waals surface area contributed by atoms with Crippen LogP contribution < -0.4 is 5.32 Å². The van der Waals surface area contributed by atoms with Crippen LogP contribution >= 0.6 is 11.8 Å². The first-order valence-electron chi connectivity index (χ1n) is 9.14. The number of nitriles is 2. The topological polar surface area (TPSA) is 106 Å². The number of ether oxygens (including phenoxy) is 1. The summed E-state index contributed by atoms with van der Waals surface area (Å²) in [4.78, 5) is 26.8. The van der Waals surface area contributed by atoms with Gasteiger partial charge in [0.1, 0.15) is 5.92 Å². The molecule has 0 saturated carbocycles. The van der Waals surface area contributed by atoms with Gasteiger partial charge in [0.2, 0.25) is 11.8 Å². The zero-order valence-corrected chi connectivity index (χ0v) is 17.6. The Morgan fingerprint density at radius 2 is 2.00 bits per heavy atom. The highest BCUT2D eigenvalue weighted by atomic mass is 32.2. The first-order chi connectivity index (χ1) is 13.8. The predicted molar refractivity (Wildman–Crippen MR) is 110 cm³/mol. The lowest BCUT2D eigenvalue weighted by molar-refractivity contribution is -0.129. The van der Waals surface area contributed by atoms with Crippen molar-refractivity contribution in [3.8, 4) is 12.1 Å². The van der Waals surface area contributed by atoms with Crippen LogP contribution in [-0.4, -0.2) is 42.7 Å². The minimum atomic E-state index is -0.950. The number of methoxy groups -OCH3 is 1. The van der Waals surface area contributed by atoms with Gasteiger partial charge in [-0.3, -0.25) is 9.59 Å². The van der Waals surface area contributed by atoms with E-state index in [1.807, 2.05) is 36.4 Å². The van der Waals surface area contributed by atoms with Crippen LogP contribution in [0.4, 0.5) is 0 Å². The third kappa shape index (κ3) is 5.38. The van der Waals surface area contributed by atoms with Crippen LogP contribution in [0.1, 0.15) is 19.4 Å². The van der Waals surface area contributed by atoms with E-state index in [0.717, 1.165) is 17.3 Å². The lowest BCUT2D eigenvalue weighted by Gasteiger charge is -2.34. The smallest absolute Gasteiger partial charge is 0.243 e. The summed E-state index contributed by atoms with van der Waals surface area (Å²) in [5.74, 6) is -1.47. The van der Waals surface area contributed by atoms with Crippen molar-refractivity contribution in [1.29, 1.82) is 10.5 Å². The van der Waals surface area contributed by atoms with Crippen molar-refractivity contribution in [3.63, 3.8) is 0 Å². The van der Waals surface area contributed by atoms with Crippen molar-refractivity contribution in [2.45, 2.75) is 20.4 Å². The molecular formula is C21H24N4O3S. The molecule has 8 heteroatoms. The summed E-state index contributed by atoms with van der Waals surface area (Å²) < 4.78 is 5.11. The van der Waals surface area contributed by atoms with Crippen LogP contribution in [0.3, 0.4) is 0 Å². The molecule has 0 saturated heterocycles. The van der Waals surface area contributed by atoms with E-state index in [2.05, 4.69) is 11.4 Å². The molecule has 1 N–H and O–H groups in total. The second-order valence-corrected chi connectivity index (χ2v) is 8.16. The fourth-order valence-corrected chi connectivity index (χ4v) is 4.13. The molecule has 1 atom stereocenters. The van der Waals surface area contributed by atoms with Crippen molar-refractivity contribution < 1.29 is 14.3 Å². The summed E-state index contributed by atoms with van der Waals surface area (Å²) in [5, 5.41) is 21.8. The van der Waals surface area contributed by atoms with Crippen molar-refractivity contribution in [2.75, 3.05) is 26.0 Å². The lowest BCUT2D eigenvalue weighted by atomic mass is 9.72. The summed E-state index contributed by atoms with van der Waals surface area (Å²) >= 11 is 1.11. The normalized spacial score (nSPS) is 17.8. The van der Waals surface area contributed by atoms with Crippen molar-refractivity contribution in [1.82, 2.24) is 10.2 Å². The molecule has 1 aromatic carbocycles. The number of amides is 2. The van der Waals surface area contributed by atoms with E-state index >= 15 is 0 Å². The maximum atomic E-state index is 12.8. The van der Waals surface area contributed by atoms with Gasteiger partial charge in [-0.25, -0.2) is 0 Å². The highest BCUT2D eigenvalue weighted by molar-refractivity contribution is 8.03. The number of carbonyl (C=O) groups is 2. The molecule has 0 spiro atoms. The van der Waals surface area contributed by atoms with Crippen LogP contribution in [0.15, 0.2) is 40.9 Å². The Morgan fingerprint density at radius 1 is 1.31 bits per heavy atom. The number of rotatable bonds is 8. The molecule has 152 valence electrons. The second-order valence-electron chi connectivity index (χ2n) is 7.17. The van der Waals surface area contributed by atoms with Crippen LogP contribution in [0.5, 0.6) is 0 Å². The number of hydrogen-bond donors (Lipinski definition) is 1. The Hall–Kier alpha value is -2.81. The number of benzene rings is 1. The summed E-state index contributed by atoms with van der Waals surface area (Å²) in [6.07, 6.45) is 0. The maximum Gasteiger partial charge on any atom is 0.243 e. The van der Waals surface area contributed by atoms with Crippen molar-refractivity contribution >= 4 is 23.6 Å². The van der Waals surface area contributed by atoms with E-state index in [9.17, 15) is 20.1 Å². The molecule has 2 amide bonds. The molecule has 29 heavy (non-hydrogen) atoms. The number of nitrogens with zero attached hydrogens (tertiary/aromatic N) is 3. The van der Waals surface area contributed by atoms with Gasteiger partial charge in [0.15, 0.2) is 0 Å². The van der Waals surface area contributed by atoms with E-state index in [4.69, 9.17) is 4.74 Å². The number of thioether (sulfide) groups is 1. The Balaban J connectivity index is 2.15. The van der Waals surface area contributed by atoms with Crippen molar-refractivity contribution in [3.05, 3.63) is 46.5 Å². The fraction of sp³-hybridized carbons (Fsp3) is 0.429. The second kappa shape index (κ2) is 10.1. The Labute approximate surface area is 175 Å². The summed E-state index contributed by atoms with van der Waals surface area (Å²) in [5.41, 5.74) is 0.396. The number of allylic oxidation sites excluding steroid dienone is 1. The highest BCUT2D eigenvalue weighted by Crippen LogP contribution is 2.41. The zero-order valence-electron chi connectivity index (χ0n) is 16.8. The molecule has 7 nitrogen and oxygen atoms in total. The molecule has 0 fully saturated rings. The highest BCUT2D eigenvalue weighted by Gasteiger charge is 2.44. The van der Waals surface area contributed by atoms with Crippen LogP contribution in [0, 0.1) is 34.0 Å². The van der Waals surface area contributed by atoms with Crippen LogP contribution in [0.25, 0.3) is 0 Å². The van der Waals surface area contributed by atoms with E-state index in [1.165, 1.54) is 0 Å². The molecule has 0 unspecified atom stereocenters. The summed E-state index contributed by atoms with van der Waals surface area (Å²) in [6.45, 7) is 4.68.